The van der Waals surface area contributed by atoms with Crippen molar-refractivity contribution in [3.8, 4) is 5.75 Å². The normalized spacial score (nSPS) is 13.2. The summed E-state index contributed by atoms with van der Waals surface area (Å²) >= 11 is 2.83. The molecule has 148 valence electrons. The Morgan fingerprint density at radius 1 is 1.21 bits per heavy atom. The zero-order valence-corrected chi connectivity index (χ0v) is 18.1. The van der Waals surface area contributed by atoms with E-state index in [4.69, 9.17) is 4.74 Å². The molecule has 0 bridgehead atoms. The third-order valence-corrected chi connectivity index (χ3v) is 6.32. The SMILES string of the molecule is Cc1nc(NC(=O)C(C)Sc2nnc(C(C)Oc3ccccc3)n2C)sc1C. The summed E-state index contributed by atoms with van der Waals surface area (Å²) < 4.78 is 7.78. The lowest BCUT2D eigenvalue weighted by Crippen LogP contribution is -2.22. The van der Waals surface area contributed by atoms with Crippen molar-refractivity contribution in [3.63, 3.8) is 0 Å². The lowest BCUT2D eigenvalue weighted by molar-refractivity contribution is -0.115. The van der Waals surface area contributed by atoms with Gasteiger partial charge in [0, 0.05) is 11.9 Å². The maximum atomic E-state index is 12.5. The second-order valence-electron chi connectivity index (χ2n) is 6.38. The lowest BCUT2D eigenvalue weighted by Gasteiger charge is -2.14. The number of nitrogens with one attached hydrogen (secondary N) is 1. The van der Waals surface area contributed by atoms with Gasteiger partial charge in [0.2, 0.25) is 5.91 Å². The Balaban J connectivity index is 1.63. The van der Waals surface area contributed by atoms with Crippen molar-refractivity contribution in [1.82, 2.24) is 19.7 Å². The third-order valence-electron chi connectivity index (χ3n) is 4.20. The minimum absolute atomic E-state index is 0.114. The number of rotatable bonds is 7. The zero-order valence-electron chi connectivity index (χ0n) is 16.5. The molecule has 2 aromatic heterocycles. The van der Waals surface area contributed by atoms with Crippen LogP contribution in [0.4, 0.5) is 5.13 Å². The fourth-order valence-corrected chi connectivity index (χ4v) is 4.12. The highest BCUT2D eigenvalue weighted by atomic mass is 32.2. The van der Waals surface area contributed by atoms with E-state index < -0.39 is 0 Å². The molecule has 0 saturated carbocycles. The van der Waals surface area contributed by atoms with Gasteiger partial charge in [-0.05, 0) is 39.8 Å². The van der Waals surface area contributed by atoms with Crippen LogP contribution in [0, 0.1) is 13.8 Å². The number of aromatic nitrogens is 4. The van der Waals surface area contributed by atoms with Gasteiger partial charge < -0.3 is 14.6 Å². The molecule has 0 saturated heterocycles. The number of nitrogens with zero attached hydrogens (tertiary/aromatic N) is 4. The second kappa shape index (κ2) is 8.74. The highest BCUT2D eigenvalue weighted by Crippen LogP contribution is 2.27. The van der Waals surface area contributed by atoms with Gasteiger partial charge in [0.25, 0.3) is 0 Å². The maximum absolute atomic E-state index is 12.5. The topological polar surface area (TPSA) is 81.9 Å². The third kappa shape index (κ3) is 4.71. The zero-order chi connectivity index (χ0) is 20.3. The van der Waals surface area contributed by atoms with Crippen molar-refractivity contribution in [2.24, 2.45) is 7.05 Å². The van der Waals surface area contributed by atoms with Gasteiger partial charge in [-0.15, -0.1) is 21.5 Å². The Labute approximate surface area is 172 Å². The van der Waals surface area contributed by atoms with Gasteiger partial charge >= 0.3 is 0 Å². The Kier molecular flexibility index (Phi) is 6.35. The summed E-state index contributed by atoms with van der Waals surface area (Å²) in [6.45, 7) is 7.68. The molecule has 0 fully saturated rings. The van der Waals surface area contributed by atoms with Crippen molar-refractivity contribution in [2.75, 3.05) is 5.32 Å². The van der Waals surface area contributed by atoms with Gasteiger partial charge in [0.1, 0.15) is 5.75 Å². The van der Waals surface area contributed by atoms with Crippen LogP contribution >= 0.6 is 23.1 Å². The van der Waals surface area contributed by atoms with Crippen LogP contribution in [0.2, 0.25) is 0 Å². The van der Waals surface area contributed by atoms with Crippen molar-refractivity contribution in [2.45, 2.75) is 44.2 Å². The fourth-order valence-electron chi connectivity index (χ4n) is 2.48. The van der Waals surface area contributed by atoms with E-state index in [1.165, 1.54) is 23.1 Å². The molecule has 0 aliphatic carbocycles. The van der Waals surface area contributed by atoms with Gasteiger partial charge in [-0.2, -0.15) is 0 Å². The summed E-state index contributed by atoms with van der Waals surface area (Å²) in [5.74, 6) is 1.36. The van der Waals surface area contributed by atoms with E-state index in [1.807, 2.05) is 69.6 Å². The van der Waals surface area contributed by atoms with E-state index in [1.54, 1.807) is 0 Å². The molecule has 0 aliphatic heterocycles. The molecule has 28 heavy (non-hydrogen) atoms. The lowest BCUT2D eigenvalue weighted by atomic mass is 10.3. The number of hydrogen-bond acceptors (Lipinski definition) is 7. The van der Waals surface area contributed by atoms with E-state index >= 15 is 0 Å². The van der Waals surface area contributed by atoms with Crippen LogP contribution in [0.3, 0.4) is 0 Å². The number of thiazole rings is 1. The Morgan fingerprint density at radius 3 is 2.57 bits per heavy atom. The quantitative estimate of drug-likeness (QED) is 0.582. The van der Waals surface area contributed by atoms with Gasteiger partial charge in [0.05, 0.1) is 10.9 Å². The molecular weight excluding hydrogens is 394 g/mol. The molecule has 3 aromatic rings. The first-order valence-corrected chi connectivity index (χ1v) is 10.6. The number of amides is 1. The van der Waals surface area contributed by atoms with Crippen LogP contribution < -0.4 is 10.1 Å². The molecule has 2 atom stereocenters. The van der Waals surface area contributed by atoms with Gasteiger partial charge in [-0.1, -0.05) is 30.0 Å². The summed E-state index contributed by atoms with van der Waals surface area (Å²) in [5.41, 5.74) is 0.936. The minimum atomic E-state index is -0.342. The number of carbonyl (C=O) groups is 1. The summed E-state index contributed by atoms with van der Waals surface area (Å²) in [7, 11) is 1.88. The minimum Gasteiger partial charge on any atom is -0.483 e. The Morgan fingerprint density at radius 2 is 1.93 bits per heavy atom. The molecule has 0 spiro atoms. The number of thioether (sulfide) groups is 1. The highest BCUT2D eigenvalue weighted by molar-refractivity contribution is 8.00. The average Bonchev–Trinajstić information content (AvgIpc) is 3.17. The number of anilines is 1. The first-order valence-electron chi connectivity index (χ1n) is 8.87. The molecule has 1 N–H and O–H groups in total. The summed E-state index contributed by atoms with van der Waals surface area (Å²) in [6, 6.07) is 9.58. The van der Waals surface area contributed by atoms with Gasteiger partial charge in [-0.25, -0.2) is 4.98 Å². The molecule has 2 heterocycles. The molecule has 2 unspecified atom stereocenters. The largest absolute Gasteiger partial charge is 0.483 e. The van der Waals surface area contributed by atoms with Crippen LogP contribution in [0.1, 0.15) is 36.3 Å². The molecule has 9 heteroatoms. The summed E-state index contributed by atoms with van der Waals surface area (Å²) in [4.78, 5) is 17.9. The van der Waals surface area contributed by atoms with Crippen molar-refractivity contribution in [3.05, 3.63) is 46.7 Å². The molecule has 3 rings (SSSR count). The number of hydrogen-bond donors (Lipinski definition) is 1. The number of carbonyl (C=O) groups excluding carboxylic acids is 1. The number of aryl methyl sites for hydroxylation is 2. The van der Waals surface area contributed by atoms with Crippen molar-refractivity contribution >= 4 is 34.1 Å². The molecule has 0 radical (unpaired) electrons. The Bertz CT molecular complexity index is 935. The van der Waals surface area contributed by atoms with Crippen LogP contribution in [0.15, 0.2) is 35.5 Å². The van der Waals surface area contributed by atoms with E-state index in [9.17, 15) is 4.79 Å². The monoisotopic (exact) mass is 417 g/mol. The number of benzene rings is 1. The van der Waals surface area contributed by atoms with Gasteiger partial charge in [0.15, 0.2) is 22.2 Å². The molecule has 7 nitrogen and oxygen atoms in total. The average molecular weight is 418 g/mol. The van der Waals surface area contributed by atoms with E-state index in [-0.39, 0.29) is 17.3 Å². The predicted octanol–water partition coefficient (Wildman–Crippen LogP) is 4.15. The molecule has 1 aromatic carbocycles. The molecule has 0 aliphatic rings. The number of ether oxygens (including phenoxy) is 1. The standard InChI is InChI=1S/C19H23N5O2S2/c1-11-13(3)27-18(20-11)21-17(25)14(4)28-19-23-22-16(24(19)5)12(2)26-15-9-7-6-8-10-15/h6-10,12,14H,1-5H3,(H,20,21,25). The summed E-state index contributed by atoms with van der Waals surface area (Å²) in [5, 5.41) is 12.3. The van der Waals surface area contributed by atoms with Crippen LogP contribution in [-0.2, 0) is 11.8 Å². The van der Waals surface area contributed by atoms with E-state index in [0.717, 1.165) is 16.3 Å². The smallest absolute Gasteiger partial charge is 0.239 e. The molecular formula is C19H23N5O2S2. The van der Waals surface area contributed by atoms with Crippen LogP contribution in [-0.4, -0.2) is 30.9 Å². The van der Waals surface area contributed by atoms with Crippen LogP contribution in [0.5, 0.6) is 5.75 Å². The number of para-hydroxylation sites is 1. The second-order valence-corrected chi connectivity index (χ2v) is 8.89. The van der Waals surface area contributed by atoms with Crippen molar-refractivity contribution in [1.29, 1.82) is 0 Å². The summed E-state index contributed by atoms with van der Waals surface area (Å²) in [6.07, 6.45) is -0.264. The first-order chi connectivity index (χ1) is 13.3. The molecule has 1 amide bonds. The van der Waals surface area contributed by atoms with Crippen LogP contribution in [0.25, 0.3) is 0 Å². The van der Waals surface area contributed by atoms with E-state index in [2.05, 4.69) is 20.5 Å². The van der Waals surface area contributed by atoms with E-state index in [0.29, 0.717) is 16.1 Å². The fraction of sp³-hybridized carbons (Fsp3) is 0.368. The predicted molar refractivity (Wildman–Crippen MR) is 112 cm³/mol. The first kappa shape index (κ1) is 20.3. The highest BCUT2D eigenvalue weighted by Gasteiger charge is 2.22. The van der Waals surface area contributed by atoms with Crippen molar-refractivity contribution < 1.29 is 9.53 Å². The maximum Gasteiger partial charge on any atom is 0.239 e. The Hall–Kier alpha value is -2.39. The van der Waals surface area contributed by atoms with Gasteiger partial charge in [-0.3, -0.25) is 4.79 Å².